The van der Waals surface area contributed by atoms with E-state index in [1.165, 1.54) is 4.90 Å². The Morgan fingerprint density at radius 3 is 2.29 bits per heavy atom. The number of carbonyl (C=O) groups is 3. The molecule has 0 radical (unpaired) electrons. The van der Waals surface area contributed by atoms with E-state index in [1.807, 2.05) is 20.8 Å². The molecule has 2 aliphatic rings. The van der Waals surface area contributed by atoms with Crippen molar-refractivity contribution in [2.45, 2.75) is 57.7 Å². The smallest absolute Gasteiger partial charge is 0.338 e. The minimum Gasteiger partial charge on any atom is -0.456 e. The Balaban J connectivity index is 1.67. The largest absolute Gasteiger partial charge is 0.456 e. The zero-order chi connectivity index (χ0) is 17.5. The molecule has 2 fully saturated rings. The van der Waals surface area contributed by atoms with Crippen molar-refractivity contribution in [3.05, 3.63) is 35.4 Å². The minimum atomic E-state index is -0.659. The second-order valence-corrected chi connectivity index (χ2v) is 7.46. The van der Waals surface area contributed by atoms with E-state index in [1.54, 1.807) is 24.3 Å². The van der Waals surface area contributed by atoms with Gasteiger partial charge in [-0.05, 0) is 57.7 Å². The van der Waals surface area contributed by atoms with Crippen molar-refractivity contribution in [1.82, 2.24) is 10.2 Å². The second-order valence-electron chi connectivity index (χ2n) is 7.46. The molecule has 1 saturated heterocycles. The highest BCUT2D eigenvalue weighted by Crippen LogP contribution is 2.37. The molecular formula is C18H22N2O4. The fraction of sp³-hybridized carbons (Fsp3) is 0.500. The van der Waals surface area contributed by atoms with E-state index in [9.17, 15) is 14.4 Å². The Morgan fingerprint density at radius 2 is 1.83 bits per heavy atom. The SMILES string of the molecule is CC(C)(C)OC(=O)c1ccc(CN2C(=O)NC3(CCC3)C2=O)cc1. The minimum absolute atomic E-state index is 0.144. The number of hydrogen-bond acceptors (Lipinski definition) is 4. The molecule has 1 saturated carbocycles. The van der Waals surface area contributed by atoms with Crippen molar-refractivity contribution in [3.8, 4) is 0 Å². The maximum Gasteiger partial charge on any atom is 0.338 e. The van der Waals surface area contributed by atoms with Gasteiger partial charge in [-0.2, -0.15) is 0 Å². The molecular weight excluding hydrogens is 308 g/mol. The average Bonchev–Trinajstić information content (AvgIpc) is 2.71. The number of esters is 1. The third-order valence-electron chi connectivity index (χ3n) is 4.38. The lowest BCUT2D eigenvalue weighted by atomic mass is 9.77. The van der Waals surface area contributed by atoms with Crippen LogP contribution in [0.3, 0.4) is 0 Å². The van der Waals surface area contributed by atoms with Crippen LogP contribution >= 0.6 is 0 Å². The van der Waals surface area contributed by atoms with Crippen molar-refractivity contribution < 1.29 is 19.1 Å². The molecule has 1 heterocycles. The van der Waals surface area contributed by atoms with Gasteiger partial charge in [0.2, 0.25) is 0 Å². The van der Waals surface area contributed by atoms with Gasteiger partial charge in [0.05, 0.1) is 12.1 Å². The number of benzene rings is 1. The van der Waals surface area contributed by atoms with Crippen LogP contribution < -0.4 is 5.32 Å². The van der Waals surface area contributed by atoms with E-state index in [2.05, 4.69) is 5.32 Å². The average molecular weight is 330 g/mol. The molecule has 1 aromatic rings. The van der Waals surface area contributed by atoms with Crippen molar-refractivity contribution in [3.63, 3.8) is 0 Å². The highest BCUT2D eigenvalue weighted by molar-refractivity contribution is 6.07. The fourth-order valence-electron chi connectivity index (χ4n) is 2.95. The summed E-state index contributed by atoms with van der Waals surface area (Å²) >= 11 is 0. The Kier molecular flexibility index (Phi) is 3.86. The zero-order valence-electron chi connectivity index (χ0n) is 14.2. The number of carbonyl (C=O) groups excluding carboxylic acids is 3. The van der Waals surface area contributed by atoms with Gasteiger partial charge in [0, 0.05) is 0 Å². The predicted octanol–water partition coefficient (Wildman–Crippen LogP) is 2.62. The van der Waals surface area contributed by atoms with Crippen LogP contribution in [0.2, 0.25) is 0 Å². The monoisotopic (exact) mass is 330 g/mol. The number of amides is 3. The van der Waals surface area contributed by atoms with E-state index in [-0.39, 0.29) is 18.5 Å². The summed E-state index contributed by atoms with van der Waals surface area (Å²) in [5, 5.41) is 2.81. The number of urea groups is 1. The number of hydrogen-bond donors (Lipinski definition) is 1. The summed E-state index contributed by atoms with van der Waals surface area (Å²) < 4.78 is 5.31. The standard InChI is InChI=1S/C18H22N2O4/c1-17(2,3)24-14(21)13-7-5-12(6-8-13)11-20-15(22)18(9-4-10-18)19-16(20)23/h5-8H,4,9-11H2,1-3H3,(H,19,23). The van der Waals surface area contributed by atoms with Gasteiger partial charge >= 0.3 is 12.0 Å². The molecule has 0 atom stereocenters. The normalized spacial score (nSPS) is 19.2. The first-order valence-corrected chi connectivity index (χ1v) is 8.17. The molecule has 6 heteroatoms. The van der Waals surface area contributed by atoms with E-state index >= 15 is 0 Å². The summed E-state index contributed by atoms with van der Waals surface area (Å²) in [6.45, 7) is 5.65. The number of imide groups is 1. The Labute approximate surface area is 141 Å². The maximum atomic E-state index is 12.4. The van der Waals surface area contributed by atoms with E-state index in [0.717, 1.165) is 12.0 Å². The molecule has 1 aromatic carbocycles. The van der Waals surface area contributed by atoms with Gasteiger partial charge in [-0.15, -0.1) is 0 Å². The molecule has 1 aliphatic carbocycles. The molecule has 3 rings (SSSR count). The third kappa shape index (κ3) is 3.00. The van der Waals surface area contributed by atoms with Crippen LogP contribution in [0.5, 0.6) is 0 Å². The van der Waals surface area contributed by atoms with Gasteiger partial charge in [-0.3, -0.25) is 9.69 Å². The molecule has 1 spiro atoms. The summed E-state index contributed by atoms with van der Waals surface area (Å²) in [5.74, 6) is -0.535. The van der Waals surface area contributed by atoms with Crippen LogP contribution in [0, 0.1) is 0 Å². The molecule has 128 valence electrons. The predicted molar refractivity (Wildman–Crippen MR) is 87.3 cm³/mol. The molecule has 0 bridgehead atoms. The molecule has 1 N–H and O–H groups in total. The fourth-order valence-corrected chi connectivity index (χ4v) is 2.95. The first kappa shape index (κ1) is 16.5. The van der Waals surface area contributed by atoms with Crippen LogP contribution in [0.15, 0.2) is 24.3 Å². The molecule has 6 nitrogen and oxygen atoms in total. The molecule has 3 amide bonds. The Morgan fingerprint density at radius 1 is 1.21 bits per heavy atom. The molecule has 24 heavy (non-hydrogen) atoms. The summed E-state index contributed by atoms with van der Waals surface area (Å²) in [6, 6.07) is 6.45. The summed E-state index contributed by atoms with van der Waals surface area (Å²) in [6.07, 6.45) is 2.39. The lowest BCUT2D eigenvalue weighted by Crippen LogP contribution is -2.52. The summed E-state index contributed by atoms with van der Waals surface area (Å²) in [4.78, 5) is 37.7. The second kappa shape index (κ2) is 5.61. The van der Waals surface area contributed by atoms with Gasteiger partial charge in [-0.25, -0.2) is 9.59 Å². The third-order valence-corrected chi connectivity index (χ3v) is 4.38. The van der Waals surface area contributed by atoms with Crippen LogP contribution in [-0.2, 0) is 16.1 Å². The lowest BCUT2D eigenvalue weighted by Gasteiger charge is -2.34. The summed E-state index contributed by atoms with van der Waals surface area (Å²) in [7, 11) is 0. The van der Waals surface area contributed by atoms with E-state index in [0.29, 0.717) is 18.4 Å². The zero-order valence-corrected chi connectivity index (χ0v) is 14.2. The molecule has 0 unspecified atom stereocenters. The van der Waals surface area contributed by atoms with Crippen molar-refractivity contribution in [2.24, 2.45) is 0 Å². The van der Waals surface area contributed by atoms with Gasteiger partial charge in [-0.1, -0.05) is 12.1 Å². The number of ether oxygens (including phenoxy) is 1. The van der Waals surface area contributed by atoms with Crippen LogP contribution in [0.1, 0.15) is 56.0 Å². The van der Waals surface area contributed by atoms with Gasteiger partial charge in [0.1, 0.15) is 11.1 Å². The first-order valence-electron chi connectivity index (χ1n) is 8.17. The maximum absolute atomic E-state index is 12.4. The molecule has 1 aliphatic heterocycles. The Hall–Kier alpha value is -2.37. The first-order chi connectivity index (χ1) is 11.2. The van der Waals surface area contributed by atoms with Crippen LogP contribution in [-0.4, -0.2) is 33.9 Å². The van der Waals surface area contributed by atoms with Gasteiger partial charge < -0.3 is 10.1 Å². The van der Waals surface area contributed by atoms with Crippen molar-refractivity contribution >= 4 is 17.9 Å². The van der Waals surface area contributed by atoms with Crippen LogP contribution in [0.4, 0.5) is 4.79 Å². The van der Waals surface area contributed by atoms with Crippen LogP contribution in [0.25, 0.3) is 0 Å². The number of nitrogens with one attached hydrogen (secondary N) is 1. The number of rotatable bonds is 3. The Bertz CT molecular complexity index is 684. The van der Waals surface area contributed by atoms with E-state index < -0.39 is 17.1 Å². The van der Waals surface area contributed by atoms with Crippen molar-refractivity contribution in [1.29, 1.82) is 0 Å². The van der Waals surface area contributed by atoms with E-state index in [4.69, 9.17) is 4.74 Å². The highest BCUT2D eigenvalue weighted by atomic mass is 16.6. The van der Waals surface area contributed by atoms with Crippen molar-refractivity contribution in [2.75, 3.05) is 0 Å². The summed E-state index contributed by atoms with van der Waals surface area (Å²) in [5.41, 5.74) is 0.0315. The lowest BCUT2D eigenvalue weighted by molar-refractivity contribution is -0.134. The van der Waals surface area contributed by atoms with Gasteiger partial charge in [0.15, 0.2) is 0 Å². The highest BCUT2D eigenvalue weighted by Gasteiger charge is 2.54. The number of nitrogens with zero attached hydrogens (tertiary/aromatic N) is 1. The quantitative estimate of drug-likeness (QED) is 0.683. The van der Waals surface area contributed by atoms with Gasteiger partial charge in [0.25, 0.3) is 5.91 Å². The topological polar surface area (TPSA) is 75.7 Å². The molecule has 0 aromatic heterocycles.